The first-order valence-corrected chi connectivity index (χ1v) is 6.32. The second kappa shape index (κ2) is 7.66. The van der Waals surface area contributed by atoms with Crippen LogP contribution in [0.15, 0.2) is 24.3 Å². The Morgan fingerprint density at radius 1 is 1.25 bits per heavy atom. The highest BCUT2D eigenvalue weighted by Gasteiger charge is 2.05. The van der Waals surface area contributed by atoms with Crippen molar-refractivity contribution in [3.63, 3.8) is 0 Å². The maximum atomic E-state index is 6.14. The Hall–Kier alpha value is -0.570. The van der Waals surface area contributed by atoms with Gasteiger partial charge in [0.15, 0.2) is 0 Å². The van der Waals surface area contributed by atoms with Gasteiger partial charge in [-0.2, -0.15) is 0 Å². The third-order valence-electron chi connectivity index (χ3n) is 2.65. The predicted molar refractivity (Wildman–Crippen MR) is 70.9 cm³/mol. The molecule has 0 saturated carbocycles. The van der Waals surface area contributed by atoms with Crippen LogP contribution >= 0.6 is 11.6 Å². The van der Waals surface area contributed by atoms with Gasteiger partial charge in [-0.05, 0) is 24.7 Å². The molecule has 1 N–H and O–H groups in total. The van der Waals surface area contributed by atoms with E-state index in [0.29, 0.717) is 0 Å². The lowest BCUT2D eigenvalue weighted by Crippen LogP contribution is -2.31. The zero-order valence-corrected chi connectivity index (χ0v) is 10.9. The Labute approximate surface area is 104 Å². The van der Waals surface area contributed by atoms with E-state index in [1.54, 1.807) is 0 Å². The van der Waals surface area contributed by atoms with Crippen molar-refractivity contribution in [2.75, 3.05) is 26.2 Å². The van der Waals surface area contributed by atoms with Crippen LogP contribution in [0.5, 0.6) is 0 Å². The lowest BCUT2D eigenvalue weighted by Gasteiger charge is -2.21. The maximum absolute atomic E-state index is 6.14. The summed E-state index contributed by atoms with van der Waals surface area (Å²) in [5, 5.41) is 4.20. The molecule has 0 spiro atoms. The van der Waals surface area contributed by atoms with E-state index in [-0.39, 0.29) is 0 Å². The molecule has 0 fully saturated rings. The van der Waals surface area contributed by atoms with E-state index in [9.17, 15) is 0 Å². The normalized spacial score (nSPS) is 11.0. The zero-order chi connectivity index (χ0) is 11.8. The van der Waals surface area contributed by atoms with Gasteiger partial charge >= 0.3 is 0 Å². The molecule has 1 rings (SSSR count). The van der Waals surface area contributed by atoms with Crippen molar-refractivity contribution in [3.8, 4) is 0 Å². The van der Waals surface area contributed by atoms with E-state index >= 15 is 0 Å². The first kappa shape index (κ1) is 13.5. The van der Waals surface area contributed by atoms with Gasteiger partial charge < -0.3 is 5.32 Å². The van der Waals surface area contributed by atoms with Gasteiger partial charge in [0.25, 0.3) is 0 Å². The van der Waals surface area contributed by atoms with Gasteiger partial charge in [-0.3, -0.25) is 4.90 Å². The van der Waals surface area contributed by atoms with Crippen molar-refractivity contribution in [1.29, 1.82) is 0 Å². The fourth-order valence-corrected chi connectivity index (χ4v) is 1.83. The molecule has 0 aromatic heterocycles. The lowest BCUT2D eigenvalue weighted by atomic mass is 10.2. The molecule has 3 heteroatoms. The summed E-state index contributed by atoms with van der Waals surface area (Å²) in [6.45, 7) is 9.43. The van der Waals surface area contributed by atoms with Crippen molar-refractivity contribution >= 4 is 11.6 Å². The Balaban J connectivity index is 2.46. The fraction of sp³-hybridized carbons (Fsp3) is 0.538. The minimum atomic E-state index is 0.865. The van der Waals surface area contributed by atoms with Crippen molar-refractivity contribution in [3.05, 3.63) is 34.9 Å². The monoisotopic (exact) mass is 240 g/mol. The molecule has 0 aliphatic carbocycles. The molecule has 0 bridgehead atoms. The van der Waals surface area contributed by atoms with Gasteiger partial charge in [0, 0.05) is 24.7 Å². The van der Waals surface area contributed by atoms with Crippen LogP contribution in [0, 0.1) is 0 Å². The van der Waals surface area contributed by atoms with Crippen LogP contribution in [0.1, 0.15) is 19.4 Å². The molecule has 0 unspecified atom stereocenters. The Kier molecular flexibility index (Phi) is 6.46. The topological polar surface area (TPSA) is 15.3 Å². The number of likely N-dealkylation sites (N-methyl/N-ethyl adjacent to an activating group) is 2. The number of nitrogens with zero attached hydrogens (tertiary/aromatic N) is 1. The summed E-state index contributed by atoms with van der Waals surface area (Å²) in [4.78, 5) is 2.39. The van der Waals surface area contributed by atoms with Crippen LogP contribution in [0.4, 0.5) is 0 Å². The zero-order valence-electron chi connectivity index (χ0n) is 10.2. The molecule has 0 aliphatic heterocycles. The van der Waals surface area contributed by atoms with Crippen LogP contribution < -0.4 is 5.32 Å². The Morgan fingerprint density at radius 3 is 2.62 bits per heavy atom. The number of hydrogen-bond donors (Lipinski definition) is 1. The van der Waals surface area contributed by atoms with Gasteiger partial charge in [0.2, 0.25) is 0 Å². The quantitative estimate of drug-likeness (QED) is 0.738. The van der Waals surface area contributed by atoms with E-state index in [2.05, 4.69) is 30.1 Å². The summed E-state index contributed by atoms with van der Waals surface area (Å²) in [7, 11) is 0. The van der Waals surface area contributed by atoms with E-state index in [4.69, 9.17) is 11.6 Å². The minimum Gasteiger partial charge on any atom is -0.316 e. The van der Waals surface area contributed by atoms with Crippen LogP contribution in [0.3, 0.4) is 0 Å². The smallest absolute Gasteiger partial charge is 0.0451 e. The fourth-order valence-electron chi connectivity index (χ4n) is 1.63. The van der Waals surface area contributed by atoms with Crippen LogP contribution in [-0.4, -0.2) is 31.1 Å². The summed E-state index contributed by atoms with van der Waals surface area (Å²) in [6.07, 6.45) is 0. The highest BCUT2D eigenvalue weighted by Crippen LogP contribution is 2.16. The van der Waals surface area contributed by atoms with Gasteiger partial charge in [0.1, 0.15) is 0 Å². The highest BCUT2D eigenvalue weighted by atomic mass is 35.5. The molecule has 0 amide bonds. The minimum absolute atomic E-state index is 0.865. The van der Waals surface area contributed by atoms with Gasteiger partial charge in [-0.25, -0.2) is 0 Å². The first-order valence-electron chi connectivity index (χ1n) is 5.94. The lowest BCUT2D eigenvalue weighted by molar-refractivity contribution is 0.280. The predicted octanol–water partition coefficient (Wildman–Crippen LogP) is 2.77. The number of rotatable bonds is 7. The van der Waals surface area contributed by atoms with E-state index in [1.807, 2.05) is 18.2 Å². The Bertz CT molecular complexity index is 302. The molecule has 1 aromatic carbocycles. The summed E-state index contributed by atoms with van der Waals surface area (Å²) in [6, 6.07) is 8.06. The second-order valence-electron chi connectivity index (χ2n) is 3.81. The molecule has 2 nitrogen and oxygen atoms in total. The molecule has 0 aliphatic rings. The van der Waals surface area contributed by atoms with Gasteiger partial charge in [-0.15, -0.1) is 0 Å². The molecular weight excluding hydrogens is 220 g/mol. The molecule has 0 saturated heterocycles. The highest BCUT2D eigenvalue weighted by molar-refractivity contribution is 6.31. The van der Waals surface area contributed by atoms with Crippen LogP contribution in [0.25, 0.3) is 0 Å². The molecule has 16 heavy (non-hydrogen) atoms. The molecular formula is C13H21ClN2. The molecule has 0 atom stereocenters. The standard InChI is InChI=1S/C13H21ClN2/c1-3-15-9-10-16(4-2)11-12-7-5-6-8-13(12)14/h5-8,15H,3-4,9-11H2,1-2H3. The van der Waals surface area contributed by atoms with E-state index < -0.39 is 0 Å². The molecule has 0 heterocycles. The van der Waals surface area contributed by atoms with E-state index in [1.165, 1.54) is 5.56 Å². The molecule has 1 aromatic rings. The number of nitrogens with one attached hydrogen (secondary N) is 1. The Morgan fingerprint density at radius 2 is 2.00 bits per heavy atom. The second-order valence-corrected chi connectivity index (χ2v) is 4.22. The maximum Gasteiger partial charge on any atom is 0.0451 e. The van der Waals surface area contributed by atoms with Crippen molar-refractivity contribution in [1.82, 2.24) is 10.2 Å². The molecule has 0 radical (unpaired) electrons. The summed E-state index contributed by atoms with van der Waals surface area (Å²) >= 11 is 6.14. The average molecular weight is 241 g/mol. The van der Waals surface area contributed by atoms with Crippen molar-refractivity contribution < 1.29 is 0 Å². The summed E-state index contributed by atoms with van der Waals surface area (Å²) in [5.41, 5.74) is 1.21. The largest absolute Gasteiger partial charge is 0.316 e. The third kappa shape index (κ3) is 4.52. The van der Waals surface area contributed by atoms with E-state index in [0.717, 1.165) is 37.7 Å². The number of halogens is 1. The number of hydrogen-bond acceptors (Lipinski definition) is 2. The van der Waals surface area contributed by atoms with Gasteiger partial charge in [0.05, 0.1) is 0 Å². The van der Waals surface area contributed by atoms with Crippen molar-refractivity contribution in [2.45, 2.75) is 20.4 Å². The van der Waals surface area contributed by atoms with Crippen molar-refractivity contribution in [2.24, 2.45) is 0 Å². The average Bonchev–Trinajstić information content (AvgIpc) is 2.30. The third-order valence-corrected chi connectivity index (χ3v) is 3.02. The molecule has 90 valence electrons. The van der Waals surface area contributed by atoms with Gasteiger partial charge in [-0.1, -0.05) is 43.6 Å². The summed E-state index contributed by atoms with van der Waals surface area (Å²) in [5.74, 6) is 0. The SMILES string of the molecule is CCNCCN(CC)Cc1ccccc1Cl. The summed E-state index contributed by atoms with van der Waals surface area (Å²) < 4.78 is 0. The van der Waals surface area contributed by atoms with Crippen LogP contribution in [0.2, 0.25) is 5.02 Å². The first-order chi connectivity index (χ1) is 7.77. The van der Waals surface area contributed by atoms with Crippen LogP contribution in [-0.2, 0) is 6.54 Å². The number of benzene rings is 1.